The summed E-state index contributed by atoms with van der Waals surface area (Å²) in [6.45, 7) is 0. The van der Waals surface area contributed by atoms with E-state index >= 15 is 0 Å². The third-order valence-electron chi connectivity index (χ3n) is 14.0. The Morgan fingerprint density at radius 3 is 1.64 bits per heavy atom. The van der Waals surface area contributed by atoms with Gasteiger partial charge in [-0.2, -0.15) is 0 Å². The standard InChI is InChI=1S/C66H46N2O/c1-2-18-45(19-3-1)52-22-4-5-23-53(52)49-20-16-21-51(44-49)67(50-42-40-48(41-43-50)56-29-17-30-60-59-28-10-15-35-65(59)69-66(56)60)61-31-11-6-24-54(61)46-36-38-47(39-37-46)55-25-7-12-32-62(55)68-63-33-13-8-26-57(63)58-27-9-14-34-64(58)68/h1-40,42,44H,41,43H2. The van der Waals surface area contributed by atoms with Gasteiger partial charge in [0, 0.05) is 49.6 Å². The number of aromatic nitrogens is 1. The number of furan rings is 1. The van der Waals surface area contributed by atoms with Gasteiger partial charge in [-0.1, -0.05) is 206 Å². The van der Waals surface area contributed by atoms with Crippen LogP contribution < -0.4 is 4.90 Å². The average Bonchev–Trinajstić information content (AvgIpc) is 3.98. The van der Waals surface area contributed by atoms with Gasteiger partial charge < -0.3 is 13.9 Å². The molecular formula is C66H46N2O. The summed E-state index contributed by atoms with van der Waals surface area (Å²) in [6.07, 6.45) is 6.36. The molecular weight excluding hydrogens is 837 g/mol. The molecule has 0 N–H and O–H groups in total. The van der Waals surface area contributed by atoms with Crippen molar-refractivity contribution in [1.82, 2.24) is 4.57 Å². The van der Waals surface area contributed by atoms with Gasteiger partial charge in [-0.25, -0.2) is 0 Å². The van der Waals surface area contributed by atoms with E-state index in [1.807, 2.05) is 6.07 Å². The molecule has 12 aromatic rings. The lowest BCUT2D eigenvalue weighted by atomic mass is 9.92. The molecule has 2 aromatic heterocycles. The molecule has 69 heavy (non-hydrogen) atoms. The highest BCUT2D eigenvalue weighted by Gasteiger charge is 2.24. The van der Waals surface area contributed by atoms with Crippen LogP contribution in [-0.2, 0) is 0 Å². The Morgan fingerprint density at radius 1 is 0.362 bits per heavy atom. The number of fused-ring (bicyclic) bond motifs is 6. The number of anilines is 2. The topological polar surface area (TPSA) is 21.3 Å². The molecule has 0 saturated carbocycles. The fourth-order valence-corrected chi connectivity index (χ4v) is 10.8. The molecule has 0 atom stereocenters. The third-order valence-corrected chi connectivity index (χ3v) is 14.0. The van der Waals surface area contributed by atoms with Gasteiger partial charge in [-0.15, -0.1) is 0 Å². The molecule has 10 aromatic carbocycles. The van der Waals surface area contributed by atoms with E-state index in [9.17, 15) is 0 Å². The van der Waals surface area contributed by atoms with Crippen molar-refractivity contribution in [2.45, 2.75) is 12.8 Å². The largest absolute Gasteiger partial charge is 0.455 e. The zero-order valence-electron chi connectivity index (χ0n) is 38.0. The summed E-state index contributed by atoms with van der Waals surface area (Å²) in [7, 11) is 0. The second-order valence-corrected chi connectivity index (χ2v) is 17.9. The smallest absolute Gasteiger partial charge is 0.142 e. The van der Waals surface area contributed by atoms with Gasteiger partial charge in [0.15, 0.2) is 0 Å². The van der Waals surface area contributed by atoms with E-state index in [1.165, 1.54) is 66.5 Å². The molecule has 0 amide bonds. The molecule has 0 aliphatic heterocycles. The van der Waals surface area contributed by atoms with Crippen LogP contribution in [0.1, 0.15) is 18.4 Å². The fourth-order valence-electron chi connectivity index (χ4n) is 10.8. The summed E-state index contributed by atoms with van der Waals surface area (Å²) in [5.74, 6) is 0. The zero-order chi connectivity index (χ0) is 45.7. The second kappa shape index (κ2) is 17.1. The van der Waals surface area contributed by atoms with Crippen molar-refractivity contribution in [2.24, 2.45) is 0 Å². The van der Waals surface area contributed by atoms with Crippen LogP contribution in [0.4, 0.5) is 11.4 Å². The van der Waals surface area contributed by atoms with Gasteiger partial charge in [0.1, 0.15) is 11.2 Å². The van der Waals surface area contributed by atoms with Gasteiger partial charge in [0.25, 0.3) is 0 Å². The number of allylic oxidation sites excluding steroid dienone is 4. The number of hydrogen-bond donors (Lipinski definition) is 0. The third kappa shape index (κ3) is 7.06. The van der Waals surface area contributed by atoms with E-state index in [-0.39, 0.29) is 0 Å². The summed E-state index contributed by atoms with van der Waals surface area (Å²) >= 11 is 0. The Kier molecular flexibility index (Phi) is 9.98. The van der Waals surface area contributed by atoms with Crippen LogP contribution >= 0.6 is 0 Å². The zero-order valence-corrected chi connectivity index (χ0v) is 38.0. The quantitative estimate of drug-likeness (QED) is 0.144. The minimum absolute atomic E-state index is 0.847. The van der Waals surface area contributed by atoms with Crippen LogP contribution in [0.3, 0.4) is 0 Å². The predicted octanol–water partition coefficient (Wildman–Crippen LogP) is 18.3. The van der Waals surface area contributed by atoms with E-state index in [0.29, 0.717) is 0 Å². The lowest BCUT2D eigenvalue weighted by molar-refractivity contribution is 0.667. The molecule has 13 rings (SSSR count). The summed E-state index contributed by atoms with van der Waals surface area (Å²) in [4.78, 5) is 2.49. The first-order chi connectivity index (χ1) is 34.2. The number of para-hydroxylation sites is 6. The highest BCUT2D eigenvalue weighted by atomic mass is 16.3. The Balaban J connectivity index is 0.929. The van der Waals surface area contributed by atoms with Gasteiger partial charge in [-0.3, -0.25) is 0 Å². The number of rotatable bonds is 9. The number of benzene rings is 10. The van der Waals surface area contributed by atoms with Gasteiger partial charge in [0.2, 0.25) is 0 Å². The molecule has 1 aliphatic rings. The van der Waals surface area contributed by atoms with Gasteiger partial charge in [-0.05, 0) is 100 Å². The monoisotopic (exact) mass is 882 g/mol. The van der Waals surface area contributed by atoms with Crippen molar-refractivity contribution in [2.75, 3.05) is 4.90 Å². The van der Waals surface area contributed by atoms with Crippen molar-refractivity contribution < 1.29 is 4.42 Å². The lowest BCUT2D eigenvalue weighted by Gasteiger charge is -2.32. The average molecular weight is 883 g/mol. The predicted molar refractivity (Wildman–Crippen MR) is 290 cm³/mol. The maximum Gasteiger partial charge on any atom is 0.142 e. The second-order valence-electron chi connectivity index (χ2n) is 17.9. The van der Waals surface area contributed by atoms with Crippen molar-refractivity contribution in [3.05, 3.63) is 266 Å². The molecule has 0 saturated heterocycles. The first kappa shape index (κ1) is 40.4. The first-order valence-corrected chi connectivity index (χ1v) is 23.9. The minimum Gasteiger partial charge on any atom is -0.455 e. The van der Waals surface area contributed by atoms with Crippen molar-refractivity contribution in [3.63, 3.8) is 0 Å². The summed E-state index contributed by atoms with van der Waals surface area (Å²) in [5.41, 5.74) is 20.8. The van der Waals surface area contributed by atoms with Crippen LogP contribution in [0.15, 0.2) is 265 Å². The van der Waals surface area contributed by atoms with Crippen LogP contribution in [0, 0.1) is 0 Å². The van der Waals surface area contributed by atoms with Crippen LogP contribution in [0.25, 0.3) is 99.5 Å². The van der Waals surface area contributed by atoms with Crippen LogP contribution in [0.2, 0.25) is 0 Å². The molecule has 0 radical (unpaired) electrons. The molecule has 3 heteroatoms. The minimum atomic E-state index is 0.847. The van der Waals surface area contributed by atoms with E-state index in [0.717, 1.165) is 68.5 Å². The van der Waals surface area contributed by atoms with E-state index in [4.69, 9.17) is 4.42 Å². The maximum atomic E-state index is 6.53. The van der Waals surface area contributed by atoms with Crippen molar-refractivity contribution in [1.29, 1.82) is 0 Å². The number of nitrogens with zero attached hydrogens (tertiary/aromatic N) is 2. The summed E-state index contributed by atoms with van der Waals surface area (Å²) in [6, 6.07) is 87.7. The van der Waals surface area contributed by atoms with Crippen LogP contribution in [0.5, 0.6) is 0 Å². The summed E-state index contributed by atoms with van der Waals surface area (Å²) in [5, 5.41) is 4.82. The molecule has 326 valence electrons. The molecule has 0 spiro atoms. The Labute approximate surface area is 401 Å². The SMILES string of the molecule is C1=C(c2cccc3c2oc2ccccc23)CCC(N(c2cccc(-c3ccccc3-c3ccccc3)c2)c2ccccc2-c2ccc(-c3ccccc3-n3c4ccccc4c4ccccc43)cc2)=C1. The maximum absolute atomic E-state index is 6.53. The fraction of sp³-hybridized carbons (Fsp3) is 0.0303. The number of hydrogen-bond acceptors (Lipinski definition) is 2. The van der Waals surface area contributed by atoms with Crippen molar-refractivity contribution in [3.8, 4) is 50.2 Å². The molecule has 1 aliphatic carbocycles. The van der Waals surface area contributed by atoms with E-state index in [1.54, 1.807) is 0 Å². The molecule has 0 fully saturated rings. The normalized spacial score (nSPS) is 12.7. The lowest BCUT2D eigenvalue weighted by Crippen LogP contribution is -2.18. The van der Waals surface area contributed by atoms with Crippen LogP contribution in [-0.4, -0.2) is 4.57 Å². The Bertz CT molecular complexity index is 3910. The Hall–Kier alpha value is -8.92. The highest BCUT2D eigenvalue weighted by Crippen LogP contribution is 2.45. The van der Waals surface area contributed by atoms with Gasteiger partial charge >= 0.3 is 0 Å². The Morgan fingerprint density at radius 2 is 0.899 bits per heavy atom. The molecule has 2 heterocycles. The molecule has 0 unspecified atom stereocenters. The van der Waals surface area contributed by atoms with E-state index in [2.05, 4.69) is 258 Å². The first-order valence-electron chi connectivity index (χ1n) is 23.9. The molecule has 0 bridgehead atoms. The molecule has 3 nitrogen and oxygen atoms in total. The van der Waals surface area contributed by atoms with E-state index < -0.39 is 0 Å². The van der Waals surface area contributed by atoms with Crippen molar-refractivity contribution >= 4 is 60.7 Å². The highest BCUT2D eigenvalue weighted by molar-refractivity contribution is 6.10. The van der Waals surface area contributed by atoms with Gasteiger partial charge in [0.05, 0.1) is 22.4 Å². The summed E-state index contributed by atoms with van der Waals surface area (Å²) < 4.78 is 8.95.